The summed E-state index contributed by atoms with van der Waals surface area (Å²) in [6.07, 6.45) is 5.98. The van der Waals surface area contributed by atoms with Crippen LogP contribution in [-0.2, 0) is 5.41 Å². The fourth-order valence-electron chi connectivity index (χ4n) is 3.51. The summed E-state index contributed by atoms with van der Waals surface area (Å²) in [7, 11) is 0. The Bertz CT molecular complexity index is 456. The lowest BCUT2D eigenvalue weighted by Gasteiger charge is -2.36. The number of rotatable bonds is 6. The zero-order valence-electron chi connectivity index (χ0n) is 13.5. The third kappa shape index (κ3) is 3.66. The molecule has 2 rings (SSSR count). The molecule has 0 saturated carbocycles. The normalized spacial score (nSPS) is 20.4. The molecule has 0 aliphatic carbocycles. The molecule has 0 unspecified atom stereocenters. The van der Waals surface area contributed by atoms with Gasteiger partial charge in [0.25, 0.3) is 0 Å². The second-order valence-electron chi connectivity index (χ2n) is 6.41. The van der Waals surface area contributed by atoms with Crippen molar-refractivity contribution in [1.82, 2.24) is 4.90 Å². The molecule has 0 bridgehead atoms. The Balaban J connectivity index is 2.17. The molecule has 2 heteroatoms. The average molecular weight is 284 g/mol. The minimum atomic E-state index is -0.340. The molecule has 0 amide bonds. The topological polar surface area (TPSA) is 27.0 Å². The summed E-state index contributed by atoms with van der Waals surface area (Å²) >= 11 is 0. The lowest BCUT2D eigenvalue weighted by Crippen LogP contribution is -2.38. The van der Waals surface area contributed by atoms with Crippen LogP contribution < -0.4 is 0 Å². The molecule has 0 spiro atoms. The highest BCUT2D eigenvalue weighted by molar-refractivity contribution is 5.33. The Morgan fingerprint density at radius 2 is 1.86 bits per heavy atom. The van der Waals surface area contributed by atoms with Gasteiger partial charge in [0.2, 0.25) is 0 Å². The Labute approximate surface area is 129 Å². The van der Waals surface area contributed by atoms with E-state index in [9.17, 15) is 5.26 Å². The van der Waals surface area contributed by atoms with Gasteiger partial charge in [-0.2, -0.15) is 5.26 Å². The summed E-state index contributed by atoms with van der Waals surface area (Å²) in [5, 5.41) is 9.99. The van der Waals surface area contributed by atoms with Crippen molar-refractivity contribution >= 4 is 0 Å². The predicted octanol–water partition coefficient (Wildman–Crippen LogP) is 4.37. The lowest BCUT2D eigenvalue weighted by molar-refractivity contribution is 0.198. The van der Waals surface area contributed by atoms with E-state index in [0.29, 0.717) is 5.92 Å². The van der Waals surface area contributed by atoms with Crippen LogP contribution >= 0.6 is 0 Å². The molecule has 1 aliphatic rings. The highest BCUT2D eigenvalue weighted by atomic mass is 15.1. The molecule has 1 aromatic carbocycles. The van der Waals surface area contributed by atoms with E-state index in [-0.39, 0.29) is 5.41 Å². The highest BCUT2D eigenvalue weighted by Gasteiger charge is 2.37. The number of hydrogen-bond acceptors (Lipinski definition) is 2. The first-order valence-corrected chi connectivity index (χ1v) is 8.42. The first-order chi connectivity index (χ1) is 10.2. The summed E-state index contributed by atoms with van der Waals surface area (Å²) in [5.74, 6) is 0.384. The first kappa shape index (κ1) is 16.0. The van der Waals surface area contributed by atoms with Crippen LogP contribution in [0.5, 0.6) is 0 Å². The molecule has 0 N–H and O–H groups in total. The van der Waals surface area contributed by atoms with Crippen LogP contribution in [0.4, 0.5) is 0 Å². The van der Waals surface area contributed by atoms with E-state index >= 15 is 0 Å². The van der Waals surface area contributed by atoms with Gasteiger partial charge in [-0.25, -0.2) is 0 Å². The molecule has 0 aromatic heterocycles. The number of likely N-dealkylation sites (tertiary alicyclic amines) is 1. The minimum absolute atomic E-state index is 0.340. The van der Waals surface area contributed by atoms with Gasteiger partial charge in [0.1, 0.15) is 0 Å². The second kappa shape index (κ2) is 7.61. The van der Waals surface area contributed by atoms with Crippen molar-refractivity contribution in [1.29, 1.82) is 5.26 Å². The SMILES string of the molecule is CC[C@H](C)[C@@](C#N)(CCN1CCCCC1)c1ccccc1. The quantitative estimate of drug-likeness (QED) is 0.775. The Hall–Kier alpha value is -1.33. The molecular weight excluding hydrogens is 256 g/mol. The number of hydrogen-bond donors (Lipinski definition) is 0. The number of benzene rings is 1. The van der Waals surface area contributed by atoms with Crippen LogP contribution in [-0.4, -0.2) is 24.5 Å². The van der Waals surface area contributed by atoms with Crippen LogP contribution in [0.15, 0.2) is 30.3 Å². The zero-order valence-corrected chi connectivity index (χ0v) is 13.5. The summed E-state index contributed by atoms with van der Waals surface area (Å²) in [6.45, 7) is 7.88. The molecule has 1 heterocycles. The summed E-state index contributed by atoms with van der Waals surface area (Å²) in [5.41, 5.74) is 0.854. The zero-order chi connectivity index (χ0) is 15.1. The van der Waals surface area contributed by atoms with Gasteiger partial charge in [-0.05, 0) is 50.4 Å². The monoisotopic (exact) mass is 284 g/mol. The van der Waals surface area contributed by atoms with Crippen molar-refractivity contribution < 1.29 is 0 Å². The summed E-state index contributed by atoms with van der Waals surface area (Å²) in [4.78, 5) is 2.54. The molecule has 114 valence electrons. The van der Waals surface area contributed by atoms with Crippen molar-refractivity contribution in [2.45, 2.75) is 51.4 Å². The number of nitriles is 1. The van der Waals surface area contributed by atoms with E-state index in [1.54, 1.807) is 0 Å². The third-order valence-corrected chi connectivity index (χ3v) is 5.21. The van der Waals surface area contributed by atoms with Gasteiger partial charge in [-0.3, -0.25) is 0 Å². The fraction of sp³-hybridized carbons (Fsp3) is 0.632. The van der Waals surface area contributed by atoms with E-state index in [4.69, 9.17) is 0 Å². The third-order valence-electron chi connectivity index (χ3n) is 5.21. The summed E-state index contributed by atoms with van der Waals surface area (Å²) < 4.78 is 0. The highest BCUT2D eigenvalue weighted by Crippen LogP contribution is 2.37. The molecule has 0 radical (unpaired) electrons. The van der Waals surface area contributed by atoms with Crippen molar-refractivity contribution in [3.8, 4) is 6.07 Å². The molecule has 1 aromatic rings. The van der Waals surface area contributed by atoms with Gasteiger partial charge >= 0.3 is 0 Å². The minimum Gasteiger partial charge on any atom is -0.303 e. The standard InChI is InChI=1S/C19H28N2/c1-3-17(2)19(16-20,18-10-6-4-7-11-18)12-15-21-13-8-5-9-14-21/h4,6-7,10-11,17H,3,5,8-9,12-15H2,1-2H3/t17-,19-/m0/s1. The Morgan fingerprint density at radius 1 is 1.19 bits per heavy atom. The Kier molecular flexibility index (Phi) is 5.82. The molecule has 21 heavy (non-hydrogen) atoms. The van der Waals surface area contributed by atoms with Crippen LogP contribution in [0.3, 0.4) is 0 Å². The molecular formula is C19H28N2. The van der Waals surface area contributed by atoms with E-state index in [1.165, 1.54) is 37.9 Å². The lowest BCUT2D eigenvalue weighted by atomic mass is 9.68. The Morgan fingerprint density at radius 3 is 2.43 bits per heavy atom. The van der Waals surface area contributed by atoms with Gasteiger partial charge in [0, 0.05) is 0 Å². The fourth-order valence-corrected chi connectivity index (χ4v) is 3.51. The second-order valence-corrected chi connectivity index (χ2v) is 6.41. The molecule has 1 saturated heterocycles. The van der Waals surface area contributed by atoms with Gasteiger partial charge in [0.15, 0.2) is 0 Å². The number of nitrogens with zero attached hydrogens (tertiary/aromatic N) is 2. The van der Waals surface area contributed by atoms with Crippen LogP contribution in [0.1, 0.15) is 51.5 Å². The van der Waals surface area contributed by atoms with E-state index in [1.807, 2.05) is 6.07 Å². The maximum atomic E-state index is 9.99. The summed E-state index contributed by atoms with van der Waals surface area (Å²) in [6, 6.07) is 13.1. The first-order valence-electron chi connectivity index (χ1n) is 8.42. The van der Waals surface area contributed by atoms with Crippen LogP contribution in [0, 0.1) is 17.2 Å². The largest absolute Gasteiger partial charge is 0.303 e. The van der Waals surface area contributed by atoms with Crippen molar-refractivity contribution in [2.24, 2.45) is 5.92 Å². The predicted molar refractivity (Wildman–Crippen MR) is 88.1 cm³/mol. The number of piperidine rings is 1. The van der Waals surface area contributed by atoms with Gasteiger partial charge < -0.3 is 4.90 Å². The van der Waals surface area contributed by atoms with E-state index < -0.39 is 0 Å². The van der Waals surface area contributed by atoms with E-state index in [0.717, 1.165) is 19.4 Å². The van der Waals surface area contributed by atoms with Gasteiger partial charge in [0.05, 0.1) is 11.5 Å². The maximum Gasteiger partial charge on any atom is 0.0859 e. The molecule has 1 fully saturated rings. The van der Waals surface area contributed by atoms with Crippen LogP contribution in [0.25, 0.3) is 0 Å². The van der Waals surface area contributed by atoms with Crippen molar-refractivity contribution in [3.63, 3.8) is 0 Å². The van der Waals surface area contributed by atoms with Gasteiger partial charge in [-0.15, -0.1) is 0 Å². The molecule has 2 atom stereocenters. The van der Waals surface area contributed by atoms with Gasteiger partial charge in [-0.1, -0.05) is 57.0 Å². The maximum absolute atomic E-state index is 9.99. The van der Waals surface area contributed by atoms with E-state index in [2.05, 4.69) is 49.1 Å². The average Bonchev–Trinajstić information content (AvgIpc) is 2.57. The molecule has 2 nitrogen and oxygen atoms in total. The smallest absolute Gasteiger partial charge is 0.0859 e. The van der Waals surface area contributed by atoms with Crippen molar-refractivity contribution in [3.05, 3.63) is 35.9 Å². The van der Waals surface area contributed by atoms with Crippen molar-refractivity contribution in [2.75, 3.05) is 19.6 Å². The molecule has 1 aliphatic heterocycles. The van der Waals surface area contributed by atoms with Crippen LogP contribution in [0.2, 0.25) is 0 Å².